The van der Waals surface area contributed by atoms with Crippen LogP contribution in [-0.2, 0) is 104 Å². The molecule has 7 aromatic rings. The van der Waals surface area contributed by atoms with Gasteiger partial charge in [-0.25, -0.2) is 52.8 Å². The third-order valence-corrected chi connectivity index (χ3v) is 26.8. The molecule has 5 aliphatic rings. The third-order valence-electron chi connectivity index (χ3n) is 23.8. The van der Waals surface area contributed by atoms with Crippen LogP contribution < -0.4 is 18.9 Å². The van der Waals surface area contributed by atoms with Crippen LogP contribution in [0.5, 0.6) is 23.0 Å². The fraction of sp³-hybridized carbons (Fsp3) is 0.416. The zero-order valence-electron chi connectivity index (χ0n) is 75.4. The summed E-state index contributed by atoms with van der Waals surface area (Å²) in [5.41, 5.74) is -22.4. The number of alkyl halides is 24. The fourth-order valence-corrected chi connectivity index (χ4v) is 19.9. The van der Waals surface area contributed by atoms with Gasteiger partial charge >= 0.3 is 108 Å². The Morgan fingerprint density at radius 1 is 0.336 bits per heavy atom. The number of hydrogen-bond acceptors (Lipinski definition) is 28. The minimum absolute atomic E-state index is 0.157. The Hall–Kier alpha value is -11.7. The number of ether oxygens (including phenoxy) is 8. The van der Waals surface area contributed by atoms with Crippen molar-refractivity contribution in [3.63, 3.8) is 0 Å². The zero-order valence-corrected chi connectivity index (χ0v) is 78.6. The van der Waals surface area contributed by atoms with E-state index in [1.165, 1.54) is 6.08 Å². The minimum atomic E-state index is -6.58. The molecule has 0 saturated heterocycles. The fourth-order valence-electron chi connectivity index (χ4n) is 16.4. The van der Waals surface area contributed by atoms with Crippen LogP contribution in [0.2, 0.25) is 0 Å². The van der Waals surface area contributed by atoms with E-state index in [1.807, 2.05) is 0 Å². The smallest absolute Gasteiger partial charge is 0.438 e. The molecule has 0 aliphatic heterocycles. The Balaban J connectivity index is 0.000000221. The summed E-state index contributed by atoms with van der Waals surface area (Å²) in [4.78, 5) is 102. The molecule has 4 unspecified atom stereocenters. The zero-order chi connectivity index (χ0) is 112. The number of esters is 6. The molecule has 8 radical (unpaired) electrons. The van der Waals surface area contributed by atoms with E-state index >= 15 is 0 Å². The Bertz CT molecular complexity index is 6590. The maximum Gasteiger partial charge on any atom is 0.438 e. The van der Waals surface area contributed by atoms with Gasteiger partial charge in [0, 0.05) is 11.8 Å². The lowest BCUT2D eigenvalue weighted by Gasteiger charge is -2.37. The Morgan fingerprint density at radius 2 is 0.631 bits per heavy atom. The summed E-state index contributed by atoms with van der Waals surface area (Å²) in [6.07, 6.45) is -43.0. The first-order valence-corrected chi connectivity index (χ1v) is 49.0. The van der Waals surface area contributed by atoms with Crippen molar-refractivity contribution in [1.29, 1.82) is 0 Å². The van der Waals surface area contributed by atoms with Crippen LogP contribution >= 0.6 is 0 Å². The molecule has 0 spiro atoms. The predicted octanol–water partition coefficient (Wildman–Crippen LogP) is 15.0. The van der Waals surface area contributed by atoms with Gasteiger partial charge in [0.1, 0.15) is 70.3 Å². The quantitative estimate of drug-likeness (QED) is 0.00943. The van der Waals surface area contributed by atoms with Gasteiger partial charge in [-0.1, -0.05) is 182 Å². The number of Topliss-reactive ketones (excluding diaryl/α,β-unsaturated/α-hetero) is 2. The van der Waals surface area contributed by atoms with E-state index in [9.17, 15) is 196 Å². The van der Waals surface area contributed by atoms with E-state index in [1.54, 1.807) is 78.9 Å². The molecule has 5 aliphatic carbocycles. The van der Waals surface area contributed by atoms with E-state index < -0.39 is 241 Å². The average molecular weight is 2210 g/mol. The normalized spacial score (nSPS) is 16.9. The molecule has 28 nitrogen and oxygen atoms in total. The predicted molar refractivity (Wildman–Crippen MR) is 463 cm³/mol. The lowest BCUT2D eigenvalue weighted by Crippen LogP contribution is -2.63. The van der Waals surface area contributed by atoms with Gasteiger partial charge in [0.25, 0.3) is 0 Å². The first-order valence-electron chi connectivity index (χ1n) is 42.7. The maximum atomic E-state index is 13.7. The lowest BCUT2D eigenvalue weighted by molar-refractivity contribution is -0.357. The van der Waals surface area contributed by atoms with Crippen molar-refractivity contribution in [1.82, 2.24) is 0 Å². The second-order valence-corrected chi connectivity index (χ2v) is 39.5. The first-order chi connectivity index (χ1) is 68.5. The molecule has 0 aromatic heterocycles. The molecule has 0 amide bonds. The molecule has 4 atom stereocenters. The number of halogens is 24. The van der Waals surface area contributed by atoms with E-state index in [4.69, 9.17) is 50.3 Å². The molecule has 0 N–H and O–H groups in total. The molecule has 2 bridgehead atoms. The molecule has 7 aromatic carbocycles. The van der Waals surface area contributed by atoms with Crippen LogP contribution in [0.15, 0.2) is 152 Å². The van der Waals surface area contributed by atoms with Crippen molar-refractivity contribution < 1.29 is 234 Å². The Kier molecular flexibility index (Phi) is 37.1. The third kappa shape index (κ3) is 28.6. The van der Waals surface area contributed by atoms with E-state index in [-0.39, 0.29) is 76.9 Å². The number of benzene rings is 7. The van der Waals surface area contributed by atoms with Crippen molar-refractivity contribution in [3.8, 4) is 34.1 Å². The van der Waals surface area contributed by atoms with E-state index in [0.29, 0.717) is 70.7 Å². The lowest BCUT2D eigenvalue weighted by atomic mass is 9.86. The van der Waals surface area contributed by atoms with Gasteiger partial charge in [0.05, 0.1) is 94.9 Å². The summed E-state index contributed by atoms with van der Waals surface area (Å²) in [5, 5.41) is 0. The number of carbonyl (C=O) groups is 8. The van der Waals surface area contributed by atoms with Gasteiger partial charge in [-0.05, 0) is 126 Å². The van der Waals surface area contributed by atoms with Crippen LogP contribution in [0.25, 0.3) is 17.2 Å². The molecule has 0 heterocycles. The van der Waals surface area contributed by atoms with Crippen molar-refractivity contribution in [2.75, 3.05) is 36.2 Å². The van der Waals surface area contributed by atoms with Crippen LogP contribution in [0.1, 0.15) is 156 Å². The van der Waals surface area contributed by atoms with Crippen LogP contribution in [0.4, 0.5) is 105 Å². The first kappa shape index (κ1) is 121. The topological polar surface area (TPSA) is 439 Å². The summed E-state index contributed by atoms with van der Waals surface area (Å²) in [6, 6.07) is 31.1. The average Bonchev–Trinajstić information content (AvgIpc) is 1.65. The molecular formula is C89H70B4F24O28S4-4. The van der Waals surface area contributed by atoms with Crippen LogP contribution in [-0.4, -0.2) is 239 Å². The summed E-state index contributed by atoms with van der Waals surface area (Å²) >= 11 is 0. The standard InChI is InChI=1S/C26H17BF6O7S.C22H15BF6O7S.C21H21BF6O7S.C20H21BF6O7S/c27-12-14-9-10-19(22(34)40-24(25(28,29)30,26(31,32)33)13-41(36,37)38)20(11-14)39-23(35)21-17-7-3-1-5-15(17)16-6-2-4-8-18(16)21;23-10-12-5-7-16(17(9-12)35-18(30)15-8-6-13-3-1-2-4-14(13)15)19(31)36-20(21(24,25)26,22(27,28)29)11-37(32,33)34;22-8-12-2-4-14(17(7-12)34-9-16(29)15-6-11-1-3-13(15)5-11)18(30)35-19(20(23,24)25,21(26,27)28)10-36(31,32)33;21-9-12-6-7-14(16(8-12)33-10-15(28)13-4-2-1-3-5-13)17(29)34-18(19(22,23)24,20(25,26)27)11-35(30,31)32/h1-11,21H,12-13H2,(H,36,37,38);1-9,15H,10-11H2,(H,32,33,34);2,4,7,11,13,15H,1,3,5-6,8-10H2,(H,31,32,33);6-8,13H,1-5,9-11H2,(H,30,31,32)/p-4. The van der Waals surface area contributed by atoms with Crippen molar-refractivity contribution >= 4 is 125 Å². The summed E-state index contributed by atoms with van der Waals surface area (Å²) in [5.74, 6) is -29.6. The van der Waals surface area contributed by atoms with Crippen molar-refractivity contribution in [3.05, 3.63) is 218 Å². The number of rotatable bonds is 32. The molecule has 12 rings (SSSR count). The Labute approximate surface area is 834 Å². The Morgan fingerprint density at radius 3 is 0.933 bits per heavy atom. The molecular weight excluding hydrogens is 2140 g/mol. The molecule has 802 valence electrons. The molecule has 60 heteroatoms. The summed E-state index contributed by atoms with van der Waals surface area (Å²) in [6.45, 7) is -1.24. The minimum Gasteiger partial charge on any atom is -0.748 e. The van der Waals surface area contributed by atoms with Gasteiger partial charge in [0.15, 0.2) is 11.6 Å². The summed E-state index contributed by atoms with van der Waals surface area (Å²) in [7, 11) is -2.88. The van der Waals surface area contributed by atoms with Gasteiger partial charge in [-0.2, -0.15) is 105 Å². The number of carbonyl (C=O) groups excluding carboxylic acids is 8. The monoisotopic (exact) mass is 2210 g/mol. The van der Waals surface area contributed by atoms with Gasteiger partial charge in [-0.15, -0.1) is 0 Å². The summed E-state index contributed by atoms with van der Waals surface area (Å²) < 4.78 is 493. The van der Waals surface area contributed by atoms with E-state index in [0.717, 1.165) is 99.2 Å². The highest BCUT2D eigenvalue weighted by Crippen LogP contribution is 2.55. The SMILES string of the molecule is [B]Cc1ccc(C(=O)OC(CS(=O)(=O)[O-])(C(F)(F)F)C(F)(F)F)c(OC(=O)C2C=Cc3ccccc32)c1.[B]Cc1ccc(C(=O)OC(CS(=O)(=O)[O-])(C(F)(F)F)C(F)(F)F)c(OC(=O)C2c3ccccc3-c3ccccc32)c1.[B]Cc1ccc(C(=O)OC(CS(=O)(=O)[O-])(C(F)(F)F)C(F)(F)F)c(OCC(=O)C2CC3CCC2C3)c1.[B]Cc1ccc(C(=O)OC(CS(=O)(=O)[O-])(C(F)(F)F)C(F)(F)F)c(OCC(=O)C2CCCCC2)c1. The highest BCUT2D eigenvalue weighted by atomic mass is 32.2. The number of hydrogen-bond donors (Lipinski definition) is 0. The van der Waals surface area contributed by atoms with Gasteiger partial charge < -0.3 is 56.1 Å². The number of ketones is 2. The van der Waals surface area contributed by atoms with Crippen LogP contribution in [0.3, 0.4) is 0 Å². The highest BCUT2D eigenvalue weighted by Gasteiger charge is 2.79. The van der Waals surface area contributed by atoms with Crippen molar-refractivity contribution in [2.45, 2.75) is 167 Å². The second-order valence-electron chi connectivity index (χ2n) is 33.8. The second kappa shape index (κ2) is 45.8. The van der Waals surface area contributed by atoms with Crippen LogP contribution in [0, 0.1) is 23.7 Å². The molecule has 149 heavy (non-hydrogen) atoms. The largest absolute Gasteiger partial charge is 0.748 e. The highest BCUT2D eigenvalue weighted by molar-refractivity contribution is 7.86. The van der Waals surface area contributed by atoms with E-state index in [2.05, 4.69) is 18.9 Å². The van der Waals surface area contributed by atoms with Crippen molar-refractivity contribution in [2.24, 2.45) is 23.7 Å². The number of fused-ring (bicyclic) bond motifs is 6. The van der Waals surface area contributed by atoms with Gasteiger partial charge in [0.2, 0.25) is 0 Å². The molecule has 3 saturated carbocycles. The maximum absolute atomic E-state index is 13.7. The molecule has 3 fully saturated rings. The van der Waals surface area contributed by atoms with Gasteiger partial charge in [-0.3, -0.25) is 19.2 Å².